The molecule has 2 saturated carbocycles. The van der Waals surface area contributed by atoms with Crippen LogP contribution in [-0.4, -0.2) is 47.5 Å². The number of piperidine rings is 1. The number of carbonyl (C=O) groups is 1. The molecule has 1 aromatic rings. The van der Waals surface area contributed by atoms with E-state index < -0.39 is 10.0 Å². The molecule has 8 heteroatoms. The summed E-state index contributed by atoms with van der Waals surface area (Å²) in [5, 5.41) is 7.40. The van der Waals surface area contributed by atoms with Crippen molar-refractivity contribution in [2.75, 3.05) is 13.1 Å². The molecule has 3 fully saturated rings. The van der Waals surface area contributed by atoms with Crippen LogP contribution in [0.1, 0.15) is 51.1 Å². The first-order valence-electron chi connectivity index (χ1n) is 10.6. The summed E-state index contributed by atoms with van der Waals surface area (Å²) in [6.45, 7) is 4.63. The molecule has 1 saturated heterocycles. The van der Waals surface area contributed by atoms with Gasteiger partial charge in [-0.15, -0.1) is 0 Å². The lowest BCUT2D eigenvalue weighted by Gasteiger charge is -2.33. The number of nitrogens with one attached hydrogen (secondary N) is 1. The Hall–Kier alpha value is -1.41. The summed E-state index contributed by atoms with van der Waals surface area (Å²) in [7, 11) is -1.82. The molecule has 0 aromatic carbocycles. The van der Waals surface area contributed by atoms with E-state index in [0.29, 0.717) is 37.5 Å². The first kappa shape index (κ1) is 19.9. The molecule has 28 heavy (non-hydrogen) atoms. The summed E-state index contributed by atoms with van der Waals surface area (Å²) in [4.78, 5) is 13.0. The molecule has 0 unspecified atom stereocenters. The van der Waals surface area contributed by atoms with Crippen molar-refractivity contribution in [2.45, 2.75) is 63.3 Å². The SMILES string of the molecule is Cc1nn(C)cc1S(=O)(=O)N1CCC(C(=O)N[C@H](C)[C@@H]2C[C@H]3CC[C@H]2C3)CC1. The molecule has 156 valence electrons. The Balaban J connectivity index is 1.32. The molecule has 3 aliphatic rings. The number of aryl methyl sites for hydroxylation is 2. The van der Waals surface area contributed by atoms with Crippen LogP contribution >= 0.6 is 0 Å². The number of amides is 1. The van der Waals surface area contributed by atoms with Crippen molar-refractivity contribution in [3.63, 3.8) is 0 Å². The summed E-state index contributed by atoms with van der Waals surface area (Å²) in [5.41, 5.74) is 0.516. The Kier molecular flexibility index (Phi) is 5.29. The van der Waals surface area contributed by atoms with E-state index in [1.807, 2.05) is 0 Å². The lowest BCUT2D eigenvalue weighted by molar-refractivity contribution is -0.127. The fraction of sp³-hybridized carbons (Fsp3) is 0.800. The van der Waals surface area contributed by atoms with E-state index in [1.165, 1.54) is 34.7 Å². The van der Waals surface area contributed by atoms with Crippen molar-refractivity contribution in [3.8, 4) is 0 Å². The molecule has 1 amide bonds. The smallest absolute Gasteiger partial charge is 0.246 e. The number of sulfonamides is 1. The first-order valence-corrected chi connectivity index (χ1v) is 12.0. The first-order chi connectivity index (χ1) is 13.3. The van der Waals surface area contributed by atoms with Crippen molar-refractivity contribution >= 4 is 15.9 Å². The van der Waals surface area contributed by atoms with E-state index in [1.54, 1.807) is 20.2 Å². The van der Waals surface area contributed by atoms with Gasteiger partial charge in [-0.05, 0) is 63.7 Å². The van der Waals surface area contributed by atoms with Gasteiger partial charge in [-0.1, -0.05) is 6.42 Å². The fourth-order valence-corrected chi connectivity index (χ4v) is 7.35. The average Bonchev–Trinajstić information content (AvgIpc) is 3.37. The van der Waals surface area contributed by atoms with Crippen molar-refractivity contribution in [1.29, 1.82) is 0 Å². The maximum atomic E-state index is 12.9. The average molecular weight is 409 g/mol. The minimum absolute atomic E-state index is 0.0949. The molecule has 2 heterocycles. The molecular weight excluding hydrogens is 376 g/mol. The minimum atomic E-state index is -3.54. The third-order valence-electron chi connectivity index (χ3n) is 7.22. The molecular formula is C20H32N4O3S. The lowest BCUT2D eigenvalue weighted by atomic mass is 9.83. The van der Waals surface area contributed by atoms with E-state index in [0.717, 1.165) is 11.8 Å². The van der Waals surface area contributed by atoms with Crippen LogP contribution in [-0.2, 0) is 21.9 Å². The summed E-state index contributed by atoms with van der Waals surface area (Å²) in [6.07, 6.45) is 8.00. The van der Waals surface area contributed by atoms with Crippen molar-refractivity contribution in [2.24, 2.45) is 30.7 Å². The molecule has 2 aliphatic carbocycles. The van der Waals surface area contributed by atoms with Gasteiger partial charge >= 0.3 is 0 Å². The third-order valence-corrected chi connectivity index (χ3v) is 9.22. The van der Waals surface area contributed by atoms with Gasteiger partial charge in [0.05, 0.1) is 5.69 Å². The van der Waals surface area contributed by atoms with Crippen molar-refractivity contribution < 1.29 is 13.2 Å². The normalized spacial score (nSPS) is 29.9. The molecule has 4 atom stereocenters. The highest BCUT2D eigenvalue weighted by Crippen LogP contribution is 2.49. The molecule has 0 spiro atoms. The molecule has 2 bridgehead atoms. The second-order valence-corrected chi connectivity index (χ2v) is 11.0. The summed E-state index contributed by atoms with van der Waals surface area (Å²) in [6, 6.07) is 0.225. The zero-order chi connectivity index (χ0) is 20.1. The van der Waals surface area contributed by atoms with Crippen LogP contribution in [0.3, 0.4) is 0 Å². The molecule has 7 nitrogen and oxygen atoms in total. The largest absolute Gasteiger partial charge is 0.353 e. The number of carbonyl (C=O) groups excluding carboxylic acids is 1. The highest BCUT2D eigenvalue weighted by molar-refractivity contribution is 7.89. The van der Waals surface area contributed by atoms with Gasteiger partial charge in [-0.3, -0.25) is 9.48 Å². The van der Waals surface area contributed by atoms with E-state index in [9.17, 15) is 13.2 Å². The van der Waals surface area contributed by atoms with Gasteiger partial charge in [0.15, 0.2) is 0 Å². The summed E-state index contributed by atoms with van der Waals surface area (Å²) < 4.78 is 28.8. The van der Waals surface area contributed by atoms with Gasteiger partial charge in [-0.25, -0.2) is 8.42 Å². The Bertz CT molecular complexity index is 842. The van der Waals surface area contributed by atoms with E-state index in [-0.39, 0.29) is 22.8 Å². The number of rotatable bonds is 5. The van der Waals surface area contributed by atoms with Crippen LogP contribution in [0.15, 0.2) is 11.1 Å². The number of fused-ring (bicyclic) bond motifs is 2. The molecule has 1 aromatic heterocycles. The van der Waals surface area contributed by atoms with E-state index in [4.69, 9.17) is 0 Å². The van der Waals surface area contributed by atoms with E-state index >= 15 is 0 Å². The highest BCUT2D eigenvalue weighted by Gasteiger charge is 2.42. The predicted molar refractivity (Wildman–Crippen MR) is 106 cm³/mol. The van der Waals surface area contributed by atoms with Crippen LogP contribution in [0.4, 0.5) is 0 Å². The van der Waals surface area contributed by atoms with Crippen LogP contribution in [0.2, 0.25) is 0 Å². The molecule has 1 N–H and O–H groups in total. The zero-order valence-corrected chi connectivity index (χ0v) is 17.9. The number of nitrogens with zero attached hydrogens (tertiary/aromatic N) is 3. The second kappa shape index (κ2) is 7.44. The van der Waals surface area contributed by atoms with Crippen LogP contribution in [0.5, 0.6) is 0 Å². The standard InChI is InChI=1S/C20H32N4O3S/c1-13(18-11-15-4-5-17(18)10-15)21-20(25)16-6-8-24(9-7-16)28(26,27)19-12-23(3)22-14(19)2/h12-13,15-18H,4-11H2,1-3H3,(H,21,25)/t13-,15+,17+,18+/m1/s1. The maximum Gasteiger partial charge on any atom is 0.246 e. The monoisotopic (exact) mass is 408 g/mol. The van der Waals surface area contributed by atoms with Crippen molar-refractivity contribution in [1.82, 2.24) is 19.4 Å². The van der Waals surface area contributed by atoms with Gasteiger partial charge in [0.1, 0.15) is 4.90 Å². The molecule has 4 rings (SSSR count). The van der Waals surface area contributed by atoms with Gasteiger partial charge in [-0.2, -0.15) is 9.40 Å². The fourth-order valence-electron chi connectivity index (χ4n) is 5.68. The Labute approximate surface area is 167 Å². The number of hydrogen-bond acceptors (Lipinski definition) is 4. The maximum absolute atomic E-state index is 12.9. The van der Waals surface area contributed by atoms with Crippen LogP contribution in [0, 0.1) is 30.6 Å². The van der Waals surface area contributed by atoms with Gasteiger partial charge in [0.2, 0.25) is 15.9 Å². The quantitative estimate of drug-likeness (QED) is 0.808. The summed E-state index contributed by atoms with van der Waals surface area (Å²) in [5.74, 6) is 2.29. The molecule has 0 radical (unpaired) electrons. The number of hydrogen-bond donors (Lipinski definition) is 1. The molecule has 1 aliphatic heterocycles. The van der Waals surface area contributed by atoms with E-state index in [2.05, 4.69) is 17.3 Å². The van der Waals surface area contributed by atoms with Gasteiger partial charge < -0.3 is 5.32 Å². The minimum Gasteiger partial charge on any atom is -0.353 e. The van der Waals surface area contributed by atoms with Gasteiger partial charge in [0, 0.05) is 38.3 Å². The number of aromatic nitrogens is 2. The summed E-state index contributed by atoms with van der Waals surface area (Å²) >= 11 is 0. The third kappa shape index (κ3) is 3.61. The van der Waals surface area contributed by atoms with Crippen molar-refractivity contribution in [3.05, 3.63) is 11.9 Å². The van der Waals surface area contributed by atoms with Crippen LogP contribution < -0.4 is 5.32 Å². The predicted octanol–water partition coefficient (Wildman–Crippen LogP) is 2.07. The zero-order valence-electron chi connectivity index (χ0n) is 17.1. The van der Waals surface area contributed by atoms with Gasteiger partial charge in [0.25, 0.3) is 0 Å². The lowest BCUT2D eigenvalue weighted by Crippen LogP contribution is -2.47. The highest BCUT2D eigenvalue weighted by atomic mass is 32.2. The Morgan fingerprint density at radius 2 is 1.93 bits per heavy atom. The topological polar surface area (TPSA) is 84.3 Å². The van der Waals surface area contributed by atoms with Crippen LogP contribution in [0.25, 0.3) is 0 Å². The second-order valence-electron chi connectivity index (χ2n) is 9.07. The Morgan fingerprint density at radius 3 is 2.46 bits per heavy atom. The Morgan fingerprint density at radius 1 is 1.21 bits per heavy atom.